The molecule has 1 aromatic heterocycles. The number of hydrogen-bond donors (Lipinski definition) is 2. The second kappa shape index (κ2) is 2.95. The van der Waals surface area contributed by atoms with Crippen LogP contribution in [0.25, 0.3) is 0 Å². The molecule has 62 valence electrons. The van der Waals surface area contributed by atoms with Gasteiger partial charge in [-0.15, -0.1) is 0 Å². The molecule has 0 fully saturated rings. The van der Waals surface area contributed by atoms with Crippen LogP contribution in [0, 0.1) is 0 Å². The molecule has 6 nitrogen and oxygen atoms in total. The number of amides is 1. The van der Waals surface area contributed by atoms with E-state index < -0.39 is 11.5 Å². The van der Waals surface area contributed by atoms with Crippen molar-refractivity contribution >= 4 is 12.2 Å². The van der Waals surface area contributed by atoms with Crippen molar-refractivity contribution < 1.29 is 9.59 Å². The number of carbonyl (C=O) groups excluding carboxylic acids is 2. The quantitative estimate of drug-likeness (QED) is 0.533. The minimum atomic E-state index is -0.874. The lowest BCUT2D eigenvalue weighted by atomic mass is 10.3. The first kappa shape index (κ1) is 8.12. The van der Waals surface area contributed by atoms with Gasteiger partial charge in [-0.1, -0.05) is 0 Å². The van der Waals surface area contributed by atoms with E-state index in [0.29, 0.717) is 6.29 Å². The zero-order valence-electron chi connectivity index (χ0n) is 5.90. The van der Waals surface area contributed by atoms with Crippen LogP contribution >= 0.6 is 0 Å². The van der Waals surface area contributed by atoms with Gasteiger partial charge < -0.3 is 10.7 Å². The van der Waals surface area contributed by atoms with Crippen molar-refractivity contribution in [2.75, 3.05) is 0 Å². The topological polar surface area (TPSA) is 106 Å². The highest BCUT2D eigenvalue weighted by atomic mass is 16.2. The summed E-state index contributed by atoms with van der Waals surface area (Å²) in [6.07, 6.45) is 1.33. The zero-order valence-corrected chi connectivity index (χ0v) is 5.90. The number of hydrogen-bond acceptors (Lipinski definition) is 4. The molecule has 0 aromatic carbocycles. The van der Waals surface area contributed by atoms with E-state index in [9.17, 15) is 14.4 Å². The first-order chi connectivity index (χ1) is 5.65. The summed E-state index contributed by atoms with van der Waals surface area (Å²) in [6.45, 7) is 0. The van der Waals surface area contributed by atoms with Gasteiger partial charge in [-0.05, 0) is 0 Å². The van der Waals surface area contributed by atoms with E-state index in [1.165, 1.54) is 0 Å². The Morgan fingerprint density at radius 1 is 1.67 bits per heavy atom. The van der Waals surface area contributed by atoms with Crippen LogP contribution in [0.15, 0.2) is 11.0 Å². The summed E-state index contributed by atoms with van der Waals surface area (Å²) in [5.41, 5.74) is 3.85. The van der Waals surface area contributed by atoms with Gasteiger partial charge in [0, 0.05) is 6.20 Å². The molecule has 0 spiro atoms. The number of nitrogens with one attached hydrogen (secondary N) is 1. The summed E-state index contributed by atoms with van der Waals surface area (Å²) in [6, 6.07) is 0. The van der Waals surface area contributed by atoms with Gasteiger partial charge >= 0.3 is 0 Å². The highest BCUT2D eigenvalue weighted by molar-refractivity contribution is 5.92. The predicted molar refractivity (Wildman–Crippen MR) is 38.8 cm³/mol. The van der Waals surface area contributed by atoms with Crippen molar-refractivity contribution in [1.29, 1.82) is 0 Å². The summed E-state index contributed by atoms with van der Waals surface area (Å²) < 4.78 is 0. The van der Waals surface area contributed by atoms with Crippen LogP contribution < -0.4 is 11.3 Å². The van der Waals surface area contributed by atoms with Crippen LogP contribution in [-0.4, -0.2) is 22.2 Å². The third kappa shape index (κ3) is 1.36. The third-order valence-electron chi connectivity index (χ3n) is 1.20. The molecule has 1 amide bonds. The molecule has 0 unspecified atom stereocenters. The number of nitrogens with two attached hydrogens (primary N) is 1. The van der Waals surface area contributed by atoms with E-state index in [1.807, 2.05) is 0 Å². The lowest BCUT2D eigenvalue weighted by molar-refractivity contribution is 0.0996. The van der Waals surface area contributed by atoms with Crippen molar-refractivity contribution in [1.82, 2.24) is 9.97 Å². The van der Waals surface area contributed by atoms with Crippen molar-refractivity contribution in [3.8, 4) is 0 Å². The Balaban J connectivity index is 3.30. The van der Waals surface area contributed by atoms with Gasteiger partial charge in [0.25, 0.3) is 11.5 Å². The maximum Gasteiger partial charge on any atom is 0.264 e. The average molecular weight is 167 g/mol. The second-order valence-electron chi connectivity index (χ2n) is 1.99. The summed E-state index contributed by atoms with van der Waals surface area (Å²) in [4.78, 5) is 37.0. The first-order valence-electron chi connectivity index (χ1n) is 2.99. The number of aromatic nitrogens is 2. The molecule has 0 aliphatic carbocycles. The molecule has 0 saturated heterocycles. The number of primary amides is 1. The smallest absolute Gasteiger partial charge is 0.264 e. The molecule has 0 bridgehead atoms. The molecule has 0 atom stereocenters. The maximum atomic E-state index is 10.9. The standard InChI is InChI=1S/C6H5N3O3/c7-5(11)3-1-8-4(2-10)9-6(3)12/h1-2H,(H2,7,11)(H,8,9,12). The summed E-state index contributed by atoms with van der Waals surface area (Å²) >= 11 is 0. The van der Waals surface area contributed by atoms with E-state index >= 15 is 0 Å². The van der Waals surface area contributed by atoms with E-state index in [-0.39, 0.29) is 11.4 Å². The molecule has 6 heteroatoms. The maximum absolute atomic E-state index is 10.9. The molecule has 12 heavy (non-hydrogen) atoms. The van der Waals surface area contributed by atoms with Gasteiger partial charge in [0.1, 0.15) is 5.56 Å². The molecule has 0 aliphatic heterocycles. The number of aldehydes is 1. The second-order valence-corrected chi connectivity index (χ2v) is 1.99. The Labute approximate surface area is 66.4 Å². The van der Waals surface area contributed by atoms with Gasteiger partial charge in [0.2, 0.25) is 0 Å². The fourth-order valence-electron chi connectivity index (χ4n) is 0.644. The van der Waals surface area contributed by atoms with Gasteiger partial charge in [-0.25, -0.2) is 4.98 Å². The van der Waals surface area contributed by atoms with Gasteiger partial charge in [-0.2, -0.15) is 0 Å². The van der Waals surface area contributed by atoms with E-state index in [0.717, 1.165) is 6.20 Å². The van der Waals surface area contributed by atoms with Crippen LogP contribution in [0.1, 0.15) is 21.0 Å². The lowest BCUT2D eigenvalue weighted by Gasteiger charge is -1.92. The average Bonchev–Trinajstić information content (AvgIpc) is 2.03. The molecule has 0 radical (unpaired) electrons. The Bertz CT molecular complexity index is 382. The number of H-pyrrole nitrogens is 1. The summed E-state index contributed by atoms with van der Waals surface area (Å²) in [5.74, 6) is -1.01. The lowest BCUT2D eigenvalue weighted by Crippen LogP contribution is -2.24. The van der Waals surface area contributed by atoms with Crippen LogP contribution in [-0.2, 0) is 0 Å². The molecule has 3 N–H and O–H groups in total. The Kier molecular flexibility index (Phi) is 2.00. The van der Waals surface area contributed by atoms with Crippen LogP contribution in [0.4, 0.5) is 0 Å². The SMILES string of the molecule is NC(=O)c1cnc(C=O)[nH]c1=O. The van der Waals surface area contributed by atoms with Gasteiger partial charge in [-0.3, -0.25) is 14.4 Å². The van der Waals surface area contributed by atoms with Crippen LogP contribution in [0.5, 0.6) is 0 Å². The van der Waals surface area contributed by atoms with Gasteiger partial charge in [0.05, 0.1) is 0 Å². The predicted octanol–water partition coefficient (Wildman–Crippen LogP) is -1.32. The fourth-order valence-corrected chi connectivity index (χ4v) is 0.644. The minimum absolute atomic E-state index is 0.134. The molecule has 1 heterocycles. The third-order valence-corrected chi connectivity index (χ3v) is 1.20. The van der Waals surface area contributed by atoms with Crippen molar-refractivity contribution in [2.45, 2.75) is 0 Å². The monoisotopic (exact) mass is 167 g/mol. The normalized spacial score (nSPS) is 9.33. The Morgan fingerprint density at radius 3 is 2.75 bits per heavy atom. The molecule has 0 aliphatic rings. The Morgan fingerprint density at radius 2 is 2.33 bits per heavy atom. The van der Waals surface area contributed by atoms with Crippen LogP contribution in [0.3, 0.4) is 0 Å². The van der Waals surface area contributed by atoms with Gasteiger partial charge in [0.15, 0.2) is 12.1 Å². The molecular weight excluding hydrogens is 162 g/mol. The van der Waals surface area contributed by atoms with E-state index in [2.05, 4.69) is 9.97 Å². The molecular formula is C6H5N3O3. The number of aromatic amines is 1. The van der Waals surface area contributed by atoms with Crippen molar-refractivity contribution in [2.24, 2.45) is 5.73 Å². The zero-order chi connectivity index (χ0) is 9.14. The molecule has 1 aromatic rings. The highest BCUT2D eigenvalue weighted by Gasteiger charge is 2.06. The van der Waals surface area contributed by atoms with E-state index in [4.69, 9.17) is 5.73 Å². The summed E-state index contributed by atoms with van der Waals surface area (Å²) in [7, 11) is 0. The number of rotatable bonds is 2. The number of nitrogens with zero attached hydrogens (tertiary/aromatic N) is 1. The van der Waals surface area contributed by atoms with Crippen molar-refractivity contribution in [3.05, 3.63) is 27.9 Å². The first-order valence-corrected chi connectivity index (χ1v) is 2.99. The van der Waals surface area contributed by atoms with Crippen LogP contribution in [0.2, 0.25) is 0 Å². The highest BCUT2D eigenvalue weighted by Crippen LogP contribution is 1.85. The molecule has 1 rings (SSSR count). The fraction of sp³-hybridized carbons (Fsp3) is 0. The minimum Gasteiger partial charge on any atom is -0.365 e. The summed E-state index contributed by atoms with van der Waals surface area (Å²) in [5, 5.41) is 0. The molecule has 0 saturated carbocycles. The van der Waals surface area contributed by atoms with Crippen molar-refractivity contribution in [3.63, 3.8) is 0 Å². The Hall–Kier alpha value is -1.98. The number of carbonyl (C=O) groups is 2. The largest absolute Gasteiger partial charge is 0.365 e. The van der Waals surface area contributed by atoms with E-state index in [1.54, 1.807) is 0 Å².